The molecule has 15 unspecified atom stereocenters. The first-order valence-corrected chi connectivity index (χ1v) is 32.5. The summed E-state index contributed by atoms with van der Waals surface area (Å²) in [6.07, 6.45) is 31.6. The van der Waals surface area contributed by atoms with Gasteiger partial charge in [0.15, 0.2) is 5.96 Å². The third-order valence-corrected chi connectivity index (χ3v) is 14.7. The summed E-state index contributed by atoms with van der Waals surface area (Å²) < 4.78 is 37.5. The van der Waals surface area contributed by atoms with Crippen molar-refractivity contribution in [2.75, 3.05) is 6.54 Å². The van der Waals surface area contributed by atoms with E-state index in [1.165, 1.54) is 68.6 Å². The van der Waals surface area contributed by atoms with Crippen LogP contribution in [0.3, 0.4) is 0 Å². The number of nitrogens with one attached hydrogen (secondary N) is 1. The molecular weight excluding hydrogens is 1220 g/mol. The third-order valence-electron chi connectivity index (χ3n) is 14.2. The van der Waals surface area contributed by atoms with E-state index in [1.54, 1.807) is 104 Å². The van der Waals surface area contributed by atoms with Crippen LogP contribution >= 0.6 is 0 Å². The molecule has 1 aromatic heterocycles. The smallest absolute Gasteiger partial charge is 0.397 e. The minimum Gasteiger partial charge on any atom is -0.478 e. The van der Waals surface area contributed by atoms with Gasteiger partial charge in [0.25, 0.3) is 5.91 Å². The lowest BCUT2D eigenvalue weighted by Gasteiger charge is -2.25. The van der Waals surface area contributed by atoms with E-state index in [9.17, 15) is 83.5 Å². The molecular formula is C69H102N4O19S. The molecule has 0 saturated carbocycles. The maximum atomic E-state index is 13.1. The Hall–Kier alpha value is -6.72. The van der Waals surface area contributed by atoms with Crippen LogP contribution in [0.1, 0.15) is 128 Å². The van der Waals surface area contributed by atoms with E-state index in [-0.39, 0.29) is 87.5 Å². The van der Waals surface area contributed by atoms with Crippen LogP contribution < -0.4 is 11.1 Å². The van der Waals surface area contributed by atoms with Crippen LogP contribution in [0.2, 0.25) is 0 Å². The van der Waals surface area contributed by atoms with Gasteiger partial charge in [-0.05, 0) is 83.3 Å². The van der Waals surface area contributed by atoms with Gasteiger partial charge in [0.1, 0.15) is 11.5 Å². The lowest BCUT2D eigenvalue weighted by atomic mass is 9.88. The molecule has 1 aromatic rings. The van der Waals surface area contributed by atoms with Gasteiger partial charge in [-0.15, -0.1) is 0 Å². The van der Waals surface area contributed by atoms with Crippen molar-refractivity contribution >= 4 is 34.0 Å². The number of aliphatic imine (C=N–C) groups is 1. The monoisotopic (exact) mass is 1320 g/mol. The molecule has 0 aliphatic rings. The van der Waals surface area contributed by atoms with Gasteiger partial charge in [-0.2, -0.15) is 8.42 Å². The number of unbranched alkanes of at least 4 members (excludes halogenated alkanes) is 1. The van der Waals surface area contributed by atoms with Gasteiger partial charge in [-0.3, -0.25) is 29.4 Å². The van der Waals surface area contributed by atoms with Crippen molar-refractivity contribution in [1.29, 1.82) is 0 Å². The van der Waals surface area contributed by atoms with E-state index in [0.29, 0.717) is 12.8 Å². The molecule has 0 aromatic carbocycles. The number of Topliss-reactive ketones (excluding diaryl/α,β-unsaturated/α-hetero) is 1. The zero-order valence-corrected chi connectivity index (χ0v) is 54.5. The number of hydrogen-bond acceptors (Lipinski definition) is 19. The first-order valence-electron chi connectivity index (χ1n) is 31.2. The first-order chi connectivity index (χ1) is 44.1. The number of carbonyl (C=O) groups is 3. The number of nitrogens with zero attached hydrogens (tertiary/aromatic N) is 2. The molecule has 0 bridgehead atoms. The van der Waals surface area contributed by atoms with E-state index in [4.69, 9.17) is 15.0 Å². The number of pyridine rings is 1. The molecule has 24 heteroatoms. The second kappa shape index (κ2) is 49.8. The number of guanidine groups is 1. The molecule has 0 aliphatic heterocycles. The van der Waals surface area contributed by atoms with Crippen molar-refractivity contribution in [3.8, 4) is 0 Å². The van der Waals surface area contributed by atoms with Crippen molar-refractivity contribution in [2.24, 2.45) is 28.5 Å². The lowest BCUT2D eigenvalue weighted by molar-refractivity contribution is -0.132. The number of aliphatic hydroxyl groups excluding tert-OH is 11. The minimum atomic E-state index is -4.97. The normalized spacial score (nSPS) is 18.5. The maximum absolute atomic E-state index is 13.1. The Bertz CT molecular complexity index is 2840. The highest BCUT2D eigenvalue weighted by atomic mass is 32.3. The summed E-state index contributed by atoms with van der Waals surface area (Å²) in [5.74, 6) is -3.86. The van der Waals surface area contributed by atoms with Gasteiger partial charge in [0.05, 0.1) is 73.2 Å². The fraction of sp³-hybridized carbons (Fsp3) is 0.493. The van der Waals surface area contributed by atoms with Gasteiger partial charge in [-0.25, -0.2) is 8.98 Å². The Balaban J connectivity index is 2.43. The highest BCUT2D eigenvalue weighted by molar-refractivity contribution is 7.80. The Labute approximate surface area is 548 Å². The van der Waals surface area contributed by atoms with E-state index >= 15 is 0 Å². The molecule has 0 spiro atoms. The number of aliphatic hydroxyl groups is 11. The Morgan fingerprint density at radius 2 is 1.11 bits per heavy atom. The van der Waals surface area contributed by atoms with Gasteiger partial charge in [-0.1, -0.05) is 179 Å². The third kappa shape index (κ3) is 44.5. The van der Waals surface area contributed by atoms with E-state index in [2.05, 4.69) is 15.3 Å². The zero-order valence-electron chi connectivity index (χ0n) is 53.7. The molecule has 1 heterocycles. The SMILES string of the molecule is C\C(=C/C=C/C=C/CC/C=C/C(C)C(O)C(C)C(O)/C=C/C=C/C=C/C=C/C=C/C=C/CC(OS(=O)(=O)O)C(C)C(=O)CC(O)CC(O)/C=C/CC(O)CC(O)CC(O)/C=C/CC(O)CC(O)/C=C/CC(O)CC(O)CCCN=C(N)NC(=O)c1ccccn1)C(=O)O. The van der Waals surface area contributed by atoms with Gasteiger partial charge in [0.2, 0.25) is 0 Å². The molecule has 1 amide bonds. The standard InChI is InChI=1S/C69H102N4O19S/c1-49(29-19-15-11-10-12-16-20-30-50(2)68(87)88)66(85)52(4)63(83)39-21-17-13-8-6-5-7-9-14-18-22-40-65(92-93(89,90)91)51(3)64(84)48-61(82)47-58(79)36-27-35-57(78)46-60(81)45-56(77)34-26-33-54(75)43-53(74)31-25-32-55(76)44-59(80)37-28-42-72-69(70)73-67(86)62-38-23-24-41-71-62/h5-10,12-14,16-27,29-31,34,36,38-39,41,49,51-61,63,65-66,74-83,85H,11,15,28,32-33,35,37,40,42-48H2,1-4H3,(H,87,88)(H,89,90,91)(H3,70,72,73,86)/b7-5+,8-6+,12-10+,14-9+,17-13+,20-16+,22-18+,29-19+,31-25+,34-26+,36-27+,39-21+,50-30+. The number of rotatable bonds is 48. The molecule has 518 valence electrons. The number of nitrogens with two attached hydrogens (primary N) is 1. The molecule has 23 nitrogen and oxygen atoms in total. The number of allylic oxidation sites excluding steroid dienone is 16. The number of amides is 1. The summed E-state index contributed by atoms with van der Waals surface area (Å²) in [6.45, 7) is 6.79. The molecule has 0 radical (unpaired) electrons. The number of carbonyl (C=O) groups excluding carboxylic acids is 2. The predicted molar refractivity (Wildman–Crippen MR) is 359 cm³/mol. The van der Waals surface area contributed by atoms with Crippen LogP contribution in [0, 0.1) is 17.8 Å². The summed E-state index contributed by atoms with van der Waals surface area (Å²) >= 11 is 0. The Morgan fingerprint density at radius 1 is 0.602 bits per heavy atom. The van der Waals surface area contributed by atoms with Crippen LogP contribution in [0.15, 0.2) is 187 Å². The number of carboxylic acid groups (broad SMARTS) is 1. The average Bonchev–Trinajstić information content (AvgIpc) is 3.02. The molecule has 0 saturated heterocycles. The van der Waals surface area contributed by atoms with Gasteiger partial charge in [0, 0.05) is 61.8 Å². The fourth-order valence-electron chi connectivity index (χ4n) is 8.78. The van der Waals surface area contributed by atoms with Crippen LogP contribution in [-0.4, -0.2) is 183 Å². The summed E-state index contributed by atoms with van der Waals surface area (Å²) in [5.41, 5.74) is 6.18. The molecule has 16 N–H and O–H groups in total. The quantitative estimate of drug-likeness (QED) is 0.00684. The van der Waals surface area contributed by atoms with Crippen molar-refractivity contribution in [3.05, 3.63) is 188 Å². The minimum absolute atomic E-state index is 0.00905. The number of aliphatic carboxylic acids is 1. The van der Waals surface area contributed by atoms with Crippen LogP contribution in [0.4, 0.5) is 0 Å². The lowest BCUT2D eigenvalue weighted by Crippen LogP contribution is -2.37. The summed E-state index contributed by atoms with van der Waals surface area (Å²) in [6, 6.07) is 4.86. The van der Waals surface area contributed by atoms with Crippen LogP contribution in [0.25, 0.3) is 0 Å². The Morgan fingerprint density at radius 3 is 1.67 bits per heavy atom. The van der Waals surface area contributed by atoms with Crippen molar-refractivity contribution in [3.63, 3.8) is 0 Å². The topological polar surface area (TPSA) is 421 Å². The molecule has 0 aliphatic carbocycles. The first kappa shape index (κ1) is 84.3. The van der Waals surface area contributed by atoms with E-state index in [1.807, 2.05) is 31.2 Å². The predicted octanol–water partition coefficient (Wildman–Crippen LogP) is 5.93. The van der Waals surface area contributed by atoms with Crippen molar-refractivity contribution in [2.45, 2.75) is 191 Å². The second-order valence-electron chi connectivity index (χ2n) is 22.7. The summed E-state index contributed by atoms with van der Waals surface area (Å²) in [5, 5.41) is 126. The van der Waals surface area contributed by atoms with Gasteiger partial charge >= 0.3 is 16.4 Å². The van der Waals surface area contributed by atoms with Crippen molar-refractivity contribution < 1.29 is 92.8 Å². The summed E-state index contributed by atoms with van der Waals surface area (Å²) in [7, 11) is -4.97. The number of aromatic nitrogens is 1. The zero-order chi connectivity index (χ0) is 69.6. The molecule has 15 atom stereocenters. The number of ketones is 1. The molecule has 1 rings (SSSR count). The van der Waals surface area contributed by atoms with Crippen LogP contribution in [-0.2, 0) is 24.2 Å². The van der Waals surface area contributed by atoms with E-state index < -0.39 is 120 Å². The molecule has 93 heavy (non-hydrogen) atoms. The fourth-order valence-corrected chi connectivity index (χ4v) is 9.34. The average molecular weight is 1320 g/mol. The van der Waals surface area contributed by atoms with E-state index in [0.717, 1.165) is 12.8 Å². The summed E-state index contributed by atoms with van der Waals surface area (Å²) in [4.78, 5) is 44.0. The largest absolute Gasteiger partial charge is 0.478 e. The molecule has 0 fully saturated rings. The van der Waals surface area contributed by atoms with Gasteiger partial charge < -0.3 is 67.0 Å². The highest BCUT2D eigenvalue weighted by Crippen LogP contribution is 2.22. The highest BCUT2D eigenvalue weighted by Gasteiger charge is 2.30. The second-order valence-corrected chi connectivity index (χ2v) is 23.7. The maximum Gasteiger partial charge on any atom is 0.397 e. The number of hydrogen-bond donors (Lipinski definition) is 15. The number of carboxylic acids is 1. The Kier molecular flexibility index (Phi) is 45.1. The van der Waals surface area contributed by atoms with Crippen LogP contribution in [0.5, 0.6) is 0 Å². The van der Waals surface area contributed by atoms with Crippen molar-refractivity contribution in [1.82, 2.24) is 10.3 Å².